The number of methoxy groups -OCH3 is 1. The Labute approximate surface area is 204 Å². The van der Waals surface area contributed by atoms with Crippen LogP contribution in [0.2, 0.25) is 0 Å². The zero-order chi connectivity index (χ0) is 27.0. The Bertz CT molecular complexity index is 996. The van der Waals surface area contributed by atoms with Gasteiger partial charge in [0.15, 0.2) is 11.5 Å². The van der Waals surface area contributed by atoms with E-state index in [1.54, 1.807) is 13.8 Å². The second kappa shape index (κ2) is 12.7. The summed E-state index contributed by atoms with van der Waals surface area (Å²) < 4.78 is 52.4. The van der Waals surface area contributed by atoms with Gasteiger partial charge in [-0.2, -0.15) is 13.2 Å². The predicted octanol–water partition coefficient (Wildman–Crippen LogP) is 4.41. The normalized spacial score (nSPS) is 12.9. The fourth-order valence-electron chi connectivity index (χ4n) is 3.30. The zero-order valence-corrected chi connectivity index (χ0v) is 21.2. The first-order valence-electron chi connectivity index (χ1n) is 11.3. The minimum Gasteiger partial charge on any atom is -0.493 e. The van der Waals surface area contributed by atoms with Gasteiger partial charge >= 0.3 is 6.18 Å². The number of halogens is 3. The van der Waals surface area contributed by atoms with Crippen LogP contribution in [0.3, 0.4) is 0 Å². The number of carbonyl (C=O) groups excluding carboxylic acids is 1. The summed E-state index contributed by atoms with van der Waals surface area (Å²) in [7, 11) is 1.34. The van der Waals surface area contributed by atoms with Crippen LogP contribution >= 0.6 is 0 Å². The Hall–Kier alpha value is -2.85. The van der Waals surface area contributed by atoms with Crippen LogP contribution < -0.4 is 14.8 Å². The summed E-state index contributed by atoms with van der Waals surface area (Å²) in [4.78, 5) is 16.6. The Morgan fingerprint density at radius 3 is 2.29 bits per heavy atom. The summed E-state index contributed by atoms with van der Waals surface area (Å²) in [5.74, 6) is -0.510. The van der Waals surface area contributed by atoms with E-state index in [2.05, 4.69) is 10.3 Å². The van der Waals surface area contributed by atoms with Gasteiger partial charge in [-0.1, -0.05) is 27.7 Å². The monoisotopic (exact) mass is 500 g/mol. The van der Waals surface area contributed by atoms with Crippen LogP contribution in [-0.2, 0) is 5.60 Å². The fourth-order valence-corrected chi connectivity index (χ4v) is 3.30. The molecule has 0 radical (unpaired) electrons. The maximum absolute atomic E-state index is 14.0. The highest BCUT2D eigenvalue weighted by atomic mass is 19.4. The van der Waals surface area contributed by atoms with Gasteiger partial charge in [-0.15, -0.1) is 0 Å². The first-order chi connectivity index (χ1) is 16.4. The van der Waals surface area contributed by atoms with E-state index in [4.69, 9.17) is 14.6 Å². The third-order valence-electron chi connectivity index (χ3n) is 5.35. The highest BCUT2D eigenvalue weighted by molar-refractivity contribution is 5.95. The van der Waals surface area contributed by atoms with Crippen molar-refractivity contribution in [2.75, 3.05) is 26.9 Å². The zero-order valence-electron chi connectivity index (χ0n) is 21.2. The van der Waals surface area contributed by atoms with E-state index in [1.165, 1.54) is 31.4 Å². The van der Waals surface area contributed by atoms with Gasteiger partial charge in [-0.05, 0) is 55.2 Å². The van der Waals surface area contributed by atoms with E-state index < -0.39 is 29.9 Å². The predicted molar refractivity (Wildman–Crippen MR) is 127 cm³/mol. The molecule has 2 rings (SSSR count). The van der Waals surface area contributed by atoms with E-state index in [9.17, 15) is 23.1 Å². The van der Waals surface area contributed by atoms with Crippen molar-refractivity contribution in [1.82, 2.24) is 10.3 Å². The molecule has 0 aliphatic carbocycles. The van der Waals surface area contributed by atoms with Crippen molar-refractivity contribution in [2.45, 2.75) is 59.2 Å². The number of rotatable bonds is 9. The maximum Gasteiger partial charge on any atom is 0.424 e. The Morgan fingerprint density at radius 2 is 1.77 bits per heavy atom. The molecule has 3 N–H and O–H groups in total. The summed E-state index contributed by atoms with van der Waals surface area (Å²) >= 11 is 0. The molecule has 0 saturated heterocycles. The fraction of sp³-hybridized carbons (Fsp3) is 0.520. The van der Waals surface area contributed by atoms with Gasteiger partial charge in [0, 0.05) is 11.3 Å². The third kappa shape index (κ3) is 7.08. The summed E-state index contributed by atoms with van der Waals surface area (Å²) in [5, 5.41) is 21.7. The highest BCUT2D eigenvalue weighted by Gasteiger charge is 2.56. The molecule has 35 heavy (non-hydrogen) atoms. The number of aryl methyl sites for hydroxylation is 1. The lowest BCUT2D eigenvalue weighted by Crippen LogP contribution is -2.51. The second-order valence-corrected chi connectivity index (χ2v) is 7.94. The molecule has 1 unspecified atom stereocenters. The third-order valence-corrected chi connectivity index (χ3v) is 5.35. The van der Waals surface area contributed by atoms with E-state index >= 15 is 0 Å². The van der Waals surface area contributed by atoms with Gasteiger partial charge in [0.2, 0.25) is 5.60 Å². The van der Waals surface area contributed by atoms with Gasteiger partial charge in [0.25, 0.3) is 5.91 Å². The van der Waals surface area contributed by atoms with Crippen LogP contribution in [0.15, 0.2) is 24.3 Å². The van der Waals surface area contributed by atoms with Crippen molar-refractivity contribution in [3.8, 4) is 11.5 Å². The highest BCUT2D eigenvalue weighted by Crippen LogP contribution is 2.39. The molecule has 1 amide bonds. The molecule has 2 aromatic rings. The topological polar surface area (TPSA) is 101 Å². The van der Waals surface area contributed by atoms with Crippen LogP contribution in [0.5, 0.6) is 11.5 Å². The summed E-state index contributed by atoms with van der Waals surface area (Å²) in [5.41, 5.74) is -2.21. The largest absolute Gasteiger partial charge is 0.493 e. The average molecular weight is 501 g/mol. The number of nitrogens with zero attached hydrogens (tertiary/aromatic N) is 1. The first kappa shape index (κ1) is 30.2. The number of hydrogen-bond donors (Lipinski definition) is 3. The van der Waals surface area contributed by atoms with E-state index in [0.29, 0.717) is 11.3 Å². The maximum atomic E-state index is 14.0. The van der Waals surface area contributed by atoms with Crippen LogP contribution in [0.1, 0.15) is 66.5 Å². The molecule has 1 heterocycles. The molecule has 7 nitrogen and oxygen atoms in total. The number of nitrogens with one attached hydrogen (secondary N) is 1. The number of benzene rings is 1. The molecule has 1 atom stereocenters. The van der Waals surface area contributed by atoms with Crippen molar-refractivity contribution in [2.24, 2.45) is 0 Å². The van der Waals surface area contributed by atoms with Gasteiger partial charge in [-0.25, -0.2) is 0 Å². The van der Waals surface area contributed by atoms with Crippen molar-refractivity contribution in [1.29, 1.82) is 0 Å². The standard InChI is InChI=1S/C23H29F3N2O5.C2H6/c1-13(2)17-11-20(28-15(4)14(17)3)22(31,23(24,25)26)12-27-21(30)16-6-7-18(33-9-8-29)19(10-16)32-5;1-2/h6-7,10-11,13,29,31H,8-9,12H2,1-5H3,(H,27,30);1-2H3. The number of pyridine rings is 1. The minimum atomic E-state index is -5.09. The Kier molecular flexibility index (Phi) is 11.0. The van der Waals surface area contributed by atoms with Gasteiger partial charge < -0.3 is 25.0 Å². The Balaban J connectivity index is 0.00000298. The molecule has 196 valence electrons. The quantitative estimate of drug-likeness (QED) is 0.472. The van der Waals surface area contributed by atoms with Crippen molar-refractivity contribution in [3.63, 3.8) is 0 Å². The molecule has 1 aromatic carbocycles. The molecule has 1 aromatic heterocycles. The molecule has 0 aliphatic heterocycles. The molecular formula is C25H35F3N2O5. The second-order valence-electron chi connectivity index (χ2n) is 7.94. The van der Waals surface area contributed by atoms with Crippen LogP contribution in [0.25, 0.3) is 0 Å². The number of hydrogen-bond acceptors (Lipinski definition) is 6. The summed E-state index contributed by atoms with van der Waals surface area (Å²) in [6, 6.07) is 5.27. The van der Waals surface area contributed by atoms with E-state index in [0.717, 1.165) is 5.56 Å². The molecule has 0 fully saturated rings. The van der Waals surface area contributed by atoms with Crippen molar-refractivity contribution in [3.05, 3.63) is 52.3 Å². The number of alkyl halides is 3. The SMILES string of the molecule is CC.COc1cc(C(=O)NCC(O)(c2cc(C(C)C)c(C)c(C)n2)C(F)(F)F)ccc1OCCO. The molecule has 0 aliphatic rings. The number of aliphatic hydroxyl groups excluding tert-OH is 1. The van der Waals surface area contributed by atoms with Crippen LogP contribution in [0.4, 0.5) is 13.2 Å². The summed E-state index contributed by atoms with van der Waals surface area (Å²) in [6.45, 7) is 9.65. The van der Waals surface area contributed by atoms with Gasteiger partial charge in [-0.3, -0.25) is 9.78 Å². The number of ether oxygens (including phenoxy) is 2. The van der Waals surface area contributed by atoms with Crippen LogP contribution in [-0.4, -0.2) is 54.1 Å². The van der Waals surface area contributed by atoms with Crippen LogP contribution in [0, 0.1) is 13.8 Å². The Morgan fingerprint density at radius 1 is 1.14 bits per heavy atom. The van der Waals surface area contributed by atoms with Crippen molar-refractivity contribution >= 4 is 5.91 Å². The number of aromatic nitrogens is 1. The smallest absolute Gasteiger partial charge is 0.424 e. The summed E-state index contributed by atoms with van der Waals surface area (Å²) in [6.07, 6.45) is -5.09. The molecule has 0 saturated carbocycles. The van der Waals surface area contributed by atoms with Gasteiger partial charge in [0.1, 0.15) is 6.61 Å². The lowest BCUT2D eigenvalue weighted by Gasteiger charge is -2.31. The van der Waals surface area contributed by atoms with E-state index in [1.807, 2.05) is 27.7 Å². The lowest BCUT2D eigenvalue weighted by atomic mass is 9.90. The average Bonchev–Trinajstić information content (AvgIpc) is 2.82. The first-order valence-corrected chi connectivity index (χ1v) is 11.3. The van der Waals surface area contributed by atoms with Gasteiger partial charge in [0.05, 0.1) is 26.0 Å². The number of amides is 1. The number of carbonyl (C=O) groups is 1. The van der Waals surface area contributed by atoms with E-state index in [-0.39, 0.29) is 36.2 Å². The molecule has 10 heteroatoms. The minimum absolute atomic E-state index is 0.00184. The molecular weight excluding hydrogens is 465 g/mol. The molecule has 0 bridgehead atoms. The molecule has 0 spiro atoms. The lowest BCUT2D eigenvalue weighted by molar-refractivity contribution is -0.265. The van der Waals surface area contributed by atoms with Crippen molar-refractivity contribution < 1.29 is 37.7 Å². The number of aliphatic hydroxyl groups is 2.